The van der Waals surface area contributed by atoms with Gasteiger partial charge in [0.25, 0.3) is 0 Å². The molecule has 2 N–H and O–H groups in total. The first-order valence-electron chi connectivity index (χ1n) is 10.2. The molecule has 0 spiro atoms. The Balaban J connectivity index is 2.17. The summed E-state index contributed by atoms with van der Waals surface area (Å²) in [5.41, 5.74) is 5.08. The Labute approximate surface area is 182 Å². The average Bonchev–Trinajstić information content (AvgIpc) is 3.02. The summed E-state index contributed by atoms with van der Waals surface area (Å²) in [6, 6.07) is 4.96. The quantitative estimate of drug-likeness (QED) is 0.718. The van der Waals surface area contributed by atoms with Gasteiger partial charge in [0.05, 0.1) is 25.3 Å². The minimum atomic E-state index is -1.72. The molecule has 1 aromatic rings. The van der Waals surface area contributed by atoms with E-state index < -0.39 is 28.9 Å². The molecule has 1 aromatic carbocycles. The van der Waals surface area contributed by atoms with Crippen molar-refractivity contribution in [1.29, 1.82) is 5.26 Å². The van der Waals surface area contributed by atoms with Crippen molar-refractivity contribution in [3.63, 3.8) is 0 Å². The van der Waals surface area contributed by atoms with E-state index in [1.165, 1.54) is 6.08 Å². The lowest BCUT2D eigenvalue weighted by Gasteiger charge is -2.39. The molecule has 0 aliphatic carbocycles. The van der Waals surface area contributed by atoms with E-state index in [1.54, 1.807) is 38.8 Å². The monoisotopic (exact) mass is 427 g/mol. The molecule has 2 aliphatic heterocycles. The van der Waals surface area contributed by atoms with Crippen molar-refractivity contribution < 1.29 is 23.8 Å². The van der Waals surface area contributed by atoms with Gasteiger partial charge in [-0.1, -0.05) is 0 Å². The summed E-state index contributed by atoms with van der Waals surface area (Å²) in [5, 5.41) is 10.1. The molecule has 2 unspecified atom stereocenters. The first-order valence-corrected chi connectivity index (χ1v) is 10.2. The normalized spacial score (nSPS) is 22.2. The lowest BCUT2D eigenvalue weighted by Crippen LogP contribution is -2.45. The van der Waals surface area contributed by atoms with Gasteiger partial charge in [-0.05, 0) is 70.4 Å². The number of nitrogens with zero attached hydrogens (tertiary/aromatic N) is 2. The number of amides is 1. The molecule has 0 radical (unpaired) electrons. The number of hydrogen-bond donors (Lipinski definition) is 1. The number of hydrogen-bond acceptors (Lipinski definition) is 7. The minimum absolute atomic E-state index is 0.109. The molecule has 1 amide bonds. The van der Waals surface area contributed by atoms with E-state index in [4.69, 9.17) is 19.9 Å². The molecule has 8 heteroatoms. The topological polar surface area (TPSA) is 115 Å². The van der Waals surface area contributed by atoms with Gasteiger partial charge in [-0.2, -0.15) is 5.26 Å². The summed E-state index contributed by atoms with van der Waals surface area (Å²) in [4.78, 5) is 27.3. The van der Waals surface area contributed by atoms with Crippen molar-refractivity contribution in [3.05, 3.63) is 35.0 Å². The lowest BCUT2D eigenvalue weighted by atomic mass is 9.75. The number of carbonyl (C=O) groups excluding carboxylic acids is 2. The Morgan fingerprint density at radius 2 is 1.97 bits per heavy atom. The molecule has 0 fully saturated rings. The van der Waals surface area contributed by atoms with E-state index in [0.717, 1.165) is 5.56 Å². The summed E-state index contributed by atoms with van der Waals surface area (Å²) in [5.74, 6) is -0.342. The SMILES string of the molecule is COc1cc2c(cc1OC(C)C)C1N(CC2)C(C(=O)OC(C)(C)C)=CC1(C#N)C(N)=O. The van der Waals surface area contributed by atoms with Gasteiger partial charge in [0, 0.05) is 6.54 Å². The molecule has 2 atom stereocenters. The average molecular weight is 428 g/mol. The van der Waals surface area contributed by atoms with E-state index in [9.17, 15) is 14.9 Å². The van der Waals surface area contributed by atoms with Crippen LogP contribution < -0.4 is 15.2 Å². The molecule has 0 bridgehead atoms. The summed E-state index contributed by atoms with van der Waals surface area (Å²) in [6.45, 7) is 9.50. The second-order valence-electron chi connectivity index (χ2n) is 9.09. The highest BCUT2D eigenvalue weighted by Crippen LogP contribution is 2.52. The molecule has 3 rings (SSSR count). The molecule has 166 valence electrons. The van der Waals surface area contributed by atoms with Crippen LogP contribution in [0.1, 0.15) is 51.8 Å². The highest BCUT2D eigenvalue weighted by Gasteiger charge is 2.56. The van der Waals surface area contributed by atoms with Crippen LogP contribution >= 0.6 is 0 Å². The number of esters is 1. The van der Waals surface area contributed by atoms with Crippen LogP contribution in [0.5, 0.6) is 11.5 Å². The first-order chi connectivity index (χ1) is 14.4. The second kappa shape index (κ2) is 7.80. The first kappa shape index (κ1) is 22.5. The third-order valence-electron chi connectivity index (χ3n) is 5.32. The summed E-state index contributed by atoms with van der Waals surface area (Å²) < 4.78 is 16.9. The molecule has 31 heavy (non-hydrogen) atoms. The predicted molar refractivity (Wildman–Crippen MR) is 113 cm³/mol. The van der Waals surface area contributed by atoms with Gasteiger partial charge in [-0.15, -0.1) is 0 Å². The standard InChI is InChI=1S/C23H29N3O5/c1-13(2)30-18-10-15-14(9-17(18)29-6)7-8-26-16(20(27)31-22(3,4)5)11-23(12-24,19(15)26)21(25)28/h9-11,13,19H,7-8H2,1-6H3,(H2,25,28). The van der Waals surface area contributed by atoms with Gasteiger partial charge in [-0.25, -0.2) is 4.79 Å². The van der Waals surface area contributed by atoms with Gasteiger partial charge in [0.2, 0.25) is 5.91 Å². The third-order valence-corrected chi connectivity index (χ3v) is 5.32. The lowest BCUT2D eigenvalue weighted by molar-refractivity contribution is -0.152. The number of primary amides is 1. The Kier molecular flexibility index (Phi) is 5.66. The van der Waals surface area contributed by atoms with Crippen LogP contribution in [-0.2, 0) is 20.7 Å². The van der Waals surface area contributed by atoms with E-state index in [-0.39, 0.29) is 11.8 Å². The van der Waals surface area contributed by atoms with Crippen molar-refractivity contribution in [2.24, 2.45) is 11.1 Å². The minimum Gasteiger partial charge on any atom is -0.493 e. The number of rotatable bonds is 5. The van der Waals surface area contributed by atoms with Crippen molar-refractivity contribution in [2.75, 3.05) is 13.7 Å². The zero-order valence-electron chi connectivity index (χ0n) is 18.8. The Morgan fingerprint density at radius 1 is 1.29 bits per heavy atom. The van der Waals surface area contributed by atoms with E-state index in [0.29, 0.717) is 30.0 Å². The van der Waals surface area contributed by atoms with Gasteiger partial charge >= 0.3 is 5.97 Å². The molecular formula is C23H29N3O5. The Morgan fingerprint density at radius 3 is 2.48 bits per heavy atom. The van der Waals surface area contributed by atoms with Gasteiger partial charge in [0.1, 0.15) is 11.3 Å². The molecule has 0 aromatic heterocycles. The number of nitriles is 1. The zero-order valence-corrected chi connectivity index (χ0v) is 18.8. The number of benzene rings is 1. The number of fused-ring (bicyclic) bond motifs is 3. The van der Waals surface area contributed by atoms with Crippen LogP contribution in [-0.4, -0.2) is 42.1 Å². The second-order valence-corrected chi connectivity index (χ2v) is 9.09. The van der Waals surface area contributed by atoms with E-state index >= 15 is 0 Å². The summed E-state index contributed by atoms with van der Waals surface area (Å²) in [7, 11) is 1.56. The van der Waals surface area contributed by atoms with E-state index in [2.05, 4.69) is 6.07 Å². The molecule has 2 aliphatic rings. The van der Waals surface area contributed by atoms with Crippen LogP contribution in [0.3, 0.4) is 0 Å². The molecule has 0 saturated carbocycles. The van der Waals surface area contributed by atoms with Crippen molar-refractivity contribution in [3.8, 4) is 17.6 Å². The highest BCUT2D eigenvalue weighted by atomic mass is 16.6. The molecular weight excluding hydrogens is 398 g/mol. The summed E-state index contributed by atoms with van der Waals surface area (Å²) >= 11 is 0. The fraction of sp³-hybridized carbons (Fsp3) is 0.522. The number of ether oxygens (including phenoxy) is 3. The van der Waals surface area contributed by atoms with Crippen LogP contribution in [0.2, 0.25) is 0 Å². The zero-order chi connectivity index (χ0) is 23.1. The fourth-order valence-electron chi connectivity index (χ4n) is 4.12. The number of carbonyl (C=O) groups is 2. The molecule has 8 nitrogen and oxygen atoms in total. The van der Waals surface area contributed by atoms with Crippen molar-refractivity contribution in [1.82, 2.24) is 4.90 Å². The van der Waals surface area contributed by atoms with Crippen LogP contribution in [0.15, 0.2) is 23.9 Å². The van der Waals surface area contributed by atoms with Gasteiger partial charge in [0.15, 0.2) is 16.9 Å². The molecule has 2 heterocycles. The van der Waals surface area contributed by atoms with Crippen LogP contribution in [0.4, 0.5) is 0 Å². The third kappa shape index (κ3) is 3.92. The Hall–Kier alpha value is -3.21. The van der Waals surface area contributed by atoms with E-state index in [1.807, 2.05) is 19.9 Å². The maximum absolute atomic E-state index is 12.9. The number of nitrogens with two attached hydrogens (primary N) is 1. The predicted octanol–water partition coefficient (Wildman–Crippen LogP) is 2.62. The smallest absolute Gasteiger partial charge is 0.354 e. The van der Waals surface area contributed by atoms with Crippen LogP contribution in [0.25, 0.3) is 0 Å². The number of methoxy groups -OCH3 is 1. The van der Waals surface area contributed by atoms with Gasteiger partial charge in [-0.3, -0.25) is 4.79 Å². The Bertz CT molecular complexity index is 986. The van der Waals surface area contributed by atoms with Crippen LogP contribution in [0, 0.1) is 16.7 Å². The van der Waals surface area contributed by atoms with Crippen molar-refractivity contribution >= 4 is 11.9 Å². The summed E-state index contributed by atoms with van der Waals surface area (Å²) in [6.07, 6.45) is 1.84. The van der Waals surface area contributed by atoms with Crippen molar-refractivity contribution in [2.45, 2.75) is 58.8 Å². The largest absolute Gasteiger partial charge is 0.493 e. The van der Waals surface area contributed by atoms with Gasteiger partial charge < -0.3 is 24.8 Å². The molecule has 0 saturated heterocycles. The maximum atomic E-state index is 12.9. The maximum Gasteiger partial charge on any atom is 0.354 e. The fourth-order valence-corrected chi connectivity index (χ4v) is 4.12. The highest BCUT2D eigenvalue weighted by molar-refractivity contribution is 5.95.